The van der Waals surface area contributed by atoms with Crippen LogP contribution in [-0.4, -0.2) is 18.5 Å². The average Bonchev–Trinajstić information content (AvgIpc) is 2.60. The number of alkyl halides is 1. The molecule has 0 spiro atoms. The Morgan fingerprint density at radius 2 is 2.11 bits per heavy atom. The molecule has 0 N–H and O–H groups in total. The molecule has 1 atom stereocenters. The molecule has 1 unspecified atom stereocenters. The first-order valence-electron chi connectivity index (χ1n) is 5.34. The van der Waals surface area contributed by atoms with Gasteiger partial charge in [0, 0.05) is 6.42 Å². The number of hydrogen-bond acceptors (Lipinski definition) is 2. The van der Waals surface area contributed by atoms with Crippen molar-refractivity contribution in [1.82, 2.24) is 0 Å². The normalized spacial score (nSPS) is 19.8. The van der Waals surface area contributed by atoms with E-state index in [-0.39, 0.29) is 17.1 Å². The lowest BCUT2D eigenvalue weighted by Gasteiger charge is -2.16. The fraction of sp³-hybridized carbons (Fsp3) is 0.333. The van der Waals surface area contributed by atoms with Gasteiger partial charge in [0.1, 0.15) is 12.5 Å². The third-order valence-electron chi connectivity index (χ3n) is 2.88. The third-order valence-corrected chi connectivity index (χ3v) is 3.36. The van der Waals surface area contributed by atoms with Crippen LogP contribution >= 0.6 is 11.6 Å². The largest absolute Gasteiger partial charge is 0.274 e. The van der Waals surface area contributed by atoms with Crippen LogP contribution in [0.15, 0.2) is 12.1 Å². The Kier molecular flexibility index (Phi) is 3.34. The van der Waals surface area contributed by atoms with E-state index >= 15 is 0 Å². The smallest absolute Gasteiger partial charge is 0.240 e. The molecule has 3 nitrogen and oxygen atoms in total. The molecule has 1 aromatic carbocycles. The first-order chi connectivity index (χ1) is 8.45. The van der Waals surface area contributed by atoms with Crippen molar-refractivity contribution in [2.75, 3.05) is 11.6 Å². The van der Waals surface area contributed by atoms with Gasteiger partial charge in [0.05, 0.1) is 16.6 Å². The predicted molar refractivity (Wildman–Crippen MR) is 62.7 cm³/mol. The number of hydrogen-bond donors (Lipinski definition) is 0. The molecule has 0 aromatic heterocycles. The molecular formula is C12H10ClF2NO2. The van der Waals surface area contributed by atoms with Crippen LogP contribution in [-0.2, 0) is 9.59 Å². The highest BCUT2D eigenvalue weighted by Gasteiger charge is 2.39. The van der Waals surface area contributed by atoms with E-state index in [4.69, 9.17) is 11.6 Å². The molecule has 1 heterocycles. The Labute approximate surface area is 107 Å². The highest BCUT2D eigenvalue weighted by molar-refractivity contribution is 6.31. The van der Waals surface area contributed by atoms with Crippen molar-refractivity contribution in [2.24, 2.45) is 5.92 Å². The fourth-order valence-corrected chi connectivity index (χ4v) is 2.03. The summed E-state index contributed by atoms with van der Waals surface area (Å²) in [7, 11) is 0. The molecule has 0 radical (unpaired) electrons. The van der Waals surface area contributed by atoms with Gasteiger partial charge < -0.3 is 0 Å². The van der Waals surface area contributed by atoms with Crippen LogP contribution in [0.1, 0.15) is 12.0 Å². The minimum atomic E-state index is -0.962. The van der Waals surface area contributed by atoms with Crippen LogP contribution in [0.2, 0.25) is 5.02 Å². The first-order valence-corrected chi connectivity index (χ1v) is 5.72. The summed E-state index contributed by atoms with van der Waals surface area (Å²) in [5.41, 5.74) is 0.510. The molecule has 2 rings (SSSR count). The molecule has 1 aliphatic heterocycles. The standard InChI is InChI=1S/C12H10ClF2NO2/c1-6-2-8(4-9(15)11(6)13)16-10(17)3-7(5-14)12(16)18/h2,4,7H,3,5H2,1H3. The summed E-state index contributed by atoms with van der Waals surface area (Å²) in [6.07, 6.45) is -0.182. The summed E-state index contributed by atoms with van der Waals surface area (Å²) in [6, 6.07) is 2.44. The Bertz CT molecular complexity index is 510. The number of rotatable bonds is 2. The van der Waals surface area contributed by atoms with Crippen molar-refractivity contribution in [2.45, 2.75) is 13.3 Å². The van der Waals surface area contributed by atoms with E-state index in [1.165, 1.54) is 6.07 Å². The summed E-state index contributed by atoms with van der Waals surface area (Å²) in [5, 5.41) is -0.0557. The zero-order valence-corrected chi connectivity index (χ0v) is 10.3. The molecule has 2 amide bonds. The van der Waals surface area contributed by atoms with Crippen molar-refractivity contribution in [1.29, 1.82) is 0 Å². The summed E-state index contributed by atoms with van der Waals surface area (Å²) >= 11 is 5.66. The minimum absolute atomic E-state index is 0.0557. The van der Waals surface area contributed by atoms with Crippen LogP contribution in [0, 0.1) is 18.7 Å². The minimum Gasteiger partial charge on any atom is -0.274 e. The quantitative estimate of drug-likeness (QED) is 0.777. The number of carbonyl (C=O) groups excluding carboxylic acids is 2. The molecule has 1 aromatic rings. The Hall–Kier alpha value is -1.49. The second kappa shape index (κ2) is 4.65. The number of nitrogens with zero attached hydrogens (tertiary/aromatic N) is 1. The number of imide groups is 1. The number of benzene rings is 1. The van der Waals surface area contributed by atoms with E-state index in [0.717, 1.165) is 11.0 Å². The highest BCUT2D eigenvalue weighted by atomic mass is 35.5. The van der Waals surface area contributed by atoms with Crippen molar-refractivity contribution in [3.8, 4) is 0 Å². The van der Waals surface area contributed by atoms with Crippen LogP contribution < -0.4 is 4.90 Å². The van der Waals surface area contributed by atoms with E-state index in [2.05, 4.69) is 0 Å². The molecule has 1 saturated heterocycles. The third kappa shape index (κ3) is 1.99. The van der Waals surface area contributed by atoms with Gasteiger partial charge in [-0.15, -0.1) is 0 Å². The van der Waals surface area contributed by atoms with Gasteiger partial charge >= 0.3 is 0 Å². The highest BCUT2D eigenvalue weighted by Crippen LogP contribution is 2.31. The Morgan fingerprint density at radius 3 is 2.61 bits per heavy atom. The Morgan fingerprint density at radius 1 is 1.44 bits per heavy atom. The molecule has 0 bridgehead atoms. The topological polar surface area (TPSA) is 37.4 Å². The van der Waals surface area contributed by atoms with Crippen LogP contribution in [0.4, 0.5) is 14.5 Å². The number of halogens is 3. The monoisotopic (exact) mass is 273 g/mol. The first kappa shape index (κ1) is 13.0. The van der Waals surface area contributed by atoms with Gasteiger partial charge in [0.25, 0.3) is 0 Å². The SMILES string of the molecule is Cc1cc(N2C(=O)CC(CF)C2=O)cc(F)c1Cl. The zero-order chi connectivity index (χ0) is 13.4. The van der Waals surface area contributed by atoms with Gasteiger partial charge in [0.2, 0.25) is 11.8 Å². The van der Waals surface area contributed by atoms with Crippen molar-refractivity contribution >= 4 is 29.1 Å². The maximum absolute atomic E-state index is 13.5. The van der Waals surface area contributed by atoms with Gasteiger partial charge in [-0.1, -0.05) is 11.6 Å². The second-order valence-corrected chi connectivity index (χ2v) is 4.56. The predicted octanol–water partition coefficient (Wildman–Crippen LogP) is 2.64. The average molecular weight is 274 g/mol. The van der Waals surface area contributed by atoms with Gasteiger partial charge in [-0.25, -0.2) is 4.39 Å². The van der Waals surface area contributed by atoms with E-state index in [1.807, 2.05) is 0 Å². The van der Waals surface area contributed by atoms with Crippen molar-refractivity contribution < 1.29 is 18.4 Å². The maximum atomic E-state index is 13.5. The van der Waals surface area contributed by atoms with Crippen LogP contribution in [0.3, 0.4) is 0 Å². The van der Waals surface area contributed by atoms with Gasteiger partial charge in [0.15, 0.2) is 0 Å². The lowest BCUT2D eigenvalue weighted by atomic mass is 10.1. The molecular weight excluding hydrogens is 264 g/mol. The van der Waals surface area contributed by atoms with E-state index < -0.39 is 30.2 Å². The molecule has 0 saturated carbocycles. The number of anilines is 1. The van der Waals surface area contributed by atoms with Crippen LogP contribution in [0.25, 0.3) is 0 Å². The molecule has 6 heteroatoms. The fourth-order valence-electron chi connectivity index (χ4n) is 1.92. The molecule has 1 aliphatic rings. The van der Waals surface area contributed by atoms with Crippen molar-refractivity contribution in [3.63, 3.8) is 0 Å². The van der Waals surface area contributed by atoms with Gasteiger partial charge in [-0.3, -0.25) is 18.9 Å². The second-order valence-electron chi connectivity index (χ2n) is 4.18. The molecule has 1 fully saturated rings. The lowest BCUT2D eigenvalue weighted by Crippen LogP contribution is -2.31. The summed E-state index contributed by atoms with van der Waals surface area (Å²) in [5.74, 6) is -2.83. The zero-order valence-electron chi connectivity index (χ0n) is 9.54. The van der Waals surface area contributed by atoms with Crippen molar-refractivity contribution in [3.05, 3.63) is 28.5 Å². The summed E-state index contributed by atoms with van der Waals surface area (Å²) in [6.45, 7) is 0.669. The van der Waals surface area contributed by atoms with E-state index in [9.17, 15) is 18.4 Å². The maximum Gasteiger partial charge on any atom is 0.240 e. The number of aryl methyl sites for hydroxylation is 1. The van der Waals surface area contributed by atoms with E-state index in [1.54, 1.807) is 6.92 Å². The lowest BCUT2D eigenvalue weighted by molar-refractivity contribution is -0.122. The van der Waals surface area contributed by atoms with Crippen LogP contribution in [0.5, 0.6) is 0 Å². The summed E-state index contributed by atoms with van der Waals surface area (Å²) in [4.78, 5) is 24.2. The Balaban J connectivity index is 2.43. The molecule has 18 heavy (non-hydrogen) atoms. The molecule has 96 valence electrons. The van der Waals surface area contributed by atoms with Gasteiger partial charge in [-0.05, 0) is 24.6 Å². The summed E-state index contributed by atoms with van der Waals surface area (Å²) < 4.78 is 26.0. The number of carbonyl (C=O) groups is 2. The van der Waals surface area contributed by atoms with Gasteiger partial charge in [-0.2, -0.15) is 0 Å². The molecule has 0 aliphatic carbocycles. The number of amides is 2. The van der Waals surface area contributed by atoms with E-state index in [0.29, 0.717) is 5.56 Å².